The molecular weight excluding hydrogens is 596 g/mol. The van der Waals surface area contributed by atoms with Crippen LogP contribution in [0.4, 0.5) is 23.2 Å². The number of hydrogen-bond donors (Lipinski definition) is 3. The minimum atomic E-state index is -4.70. The van der Waals surface area contributed by atoms with Crippen LogP contribution in [-0.4, -0.2) is 42.1 Å². The summed E-state index contributed by atoms with van der Waals surface area (Å²) in [5.74, 6) is -4.21. The molecule has 0 saturated heterocycles. The standard InChI is InChI=1S/C30H31ClF4N2O6/c1-42-23-13-22(32)24(43-18-7-4-14(5-8-18)29(40)41)12-19(23)27(38)37-26-16-3-2-15(10-16)25(26)28(39)36-17-6-9-21(31)20(11-17)30(33,34)35/h6,9,11-16,18,25-26H,2-5,7-8,10H2,1H3,(H,36,39)(H,37,38)(H,40,41)/t14-,15-,16+,18+,25+,26-/m1/s1. The zero-order valence-electron chi connectivity index (χ0n) is 23.2. The quantitative estimate of drug-likeness (QED) is 0.296. The van der Waals surface area contributed by atoms with Crippen LogP contribution in [0, 0.1) is 29.5 Å². The first-order chi connectivity index (χ1) is 20.3. The van der Waals surface area contributed by atoms with Crippen LogP contribution in [0.5, 0.6) is 11.5 Å². The summed E-state index contributed by atoms with van der Waals surface area (Å²) in [5, 5.41) is 14.2. The molecule has 0 aromatic heterocycles. The van der Waals surface area contributed by atoms with Crippen molar-refractivity contribution in [3.8, 4) is 11.5 Å². The number of hydrogen-bond acceptors (Lipinski definition) is 5. The second kappa shape index (κ2) is 12.2. The van der Waals surface area contributed by atoms with Gasteiger partial charge in [0.1, 0.15) is 5.75 Å². The Balaban J connectivity index is 1.32. The smallest absolute Gasteiger partial charge is 0.417 e. The van der Waals surface area contributed by atoms with E-state index < -0.39 is 64.3 Å². The Kier molecular flexibility index (Phi) is 8.78. The van der Waals surface area contributed by atoms with E-state index in [0.29, 0.717) is 32.1 Å². The molecule has 4 atom stereocenters. The third kappa shape index (κ3) is 6.53. The number of benzene rings is 2. The summed E-state index contributed by atoms with van der Waals surface area (Å²) < 4.78 is 66.0. The van der Waals surface area contributed by atoms with Gasteiger partial charge in [-0.2, -0.15) is 13.2 Å². The van der Waals surface area contributed by atoms with Gasteiger partial charge in [-0.1, -0.05) is 11.6 Å². The molecule has 0 aliphatic heterocycles. The Labute approximate surface area is 250 Å². The lowest BCUT2D eigenvalue weighted by atomic mass is 9.83. The predicted octanol–water partition coefficient (Wildman–Crippen LogP) is 6.31. The summed E-state index contributed by atoms with van der Waals surface area (Å²) in [6.45, 7) is 0. The van der Waals surface area contributed by atoms with Gasteiger partial charge in [0.15, 0.2) is 11.6 Å². The van der Waals surface area contributed by atoms with Gasteiger partial charge in [0, 0.05) is 17.8 Å². The minimum Gasteiger partial charge on any atom is -0.496 e. The highest BCUT2D eigenvalue weighted by Gasteiger charge is 2.51. The average Bonchev–Trinajstić information content (AvgIpc) is 3.56. The molecule has 0 spiro atoms. The molecule has 3 fully saturated rings. The van der Waals surface area contributed by atoms with Crippen LogP contribution in [-0.2, 0) is 15.8 Å². The molecule has 5 rings (SSSR count). The van der Waals surface area contributed by atoms with Crippen molar-refractivity contribution in [1.82, 2.24) is 5.32 Å². The number of alkyl halides is 3. The molecule has 0 radical (unpaired) electrons. The van der Waals surface area contributed by atoms with Gasteiger partial charge in [-0.3, -0.25) is 14.4 Å². The topological polar surface area (TPSA) is 114 Å². The lowest BCUT2D eigenvalue weighted by Crippen LogP contribution is -2.48. The Hall–Kier alpha value is -3.54. The number of rotatable bonds is 8. The number of nitrogens with one attached hydrogen (secondary N) is 2. The number of carboxylic acids is 1. The number of ether oxygens (including phenoxy) is 2. The van der Waals surface area contributed by atoms with Gasteiger partial charge in [0.2, 0.25) is 5.91 Å². The van der Waals surface area contributed by atoms with Crippen LogP contribution in [0.3, 0.4) is 0 Å². The number of fused-ring (bicyclic) bond motifs is 2. The van der Waals surface area contributed by atoms with Crippen LogP contribution in [0.1, 0.15) is 60.9 Å². The van der Waals surface area contributed by atoms with Crippen molar-refractivity contribution in [3.05, 3.63) is 52.3 Å². The predicted molar refractivity (Wildman–Crippen MR) is 148 cm³/mol. The molecule has 43 heavy (non-hydrogen) atoms. The fraction of sp³-hybridized carbons (Fsp3) is 0.500. The van der Waals surface area contributed by atoms with E-state index in [0.717, 1.165) is 31.0 Å². The molecule has 2 amide bonds. The van der Waals surface area contributed by atoms with E-state index in [2.05, 4.69) is 10.6 Å². The summed E-state index contributed by atoms with van der Waals surface area (Å²) in [6.07, 6.45) is -1.30. The normalized spacial score (nSPS) is 26.6. The number of carbonyl (C=O) groups excluding carboxylic acids is 2. The van der Waals surface area contributed by atoms with Gasteiger partial charge >= 0.3 is 12.1 Å². The number of halogens is 5. The number of methoxy groups -OCH3 is 1. The summed E-state index contributed by atoms with van der Waals surface area (Å²) in [6, 6.07) is 4.80. The highest BCUT2D eigenvalue weighted by Crippen LogP contribution is 2.49. The molecule has 0 unspecified atom stereocenters. The number of amides is 2. The first-order valence-corrected chi connectivity index (χ1v) is 14.5. The van der Waals surface area contributed by atoms with Crippen molar-refractivity contribution < 1.29 is 46.5 Å². The number of anilines is 1. The molecule has 2 bridgehead atoms. The van der Waals surface area contributed by atoms with Crippen molar-refractivity contribution in [2.75, 3.05) is 12.4 Å². The molecule has 3 aliphatic carbocycles. The first-order valence-electron chi connectivity index (χ1n) is 14.1. The number of carbonyl (C=O) groups is 3. The molecular formula is C30H31ClF4N2O6. The maximum atomic E-state index is 14.9. The molecule has 2 aromatic carbocycles. The monoisotopic (exact) mass is 626 g/mol. The number of carboxylic acid groups (broad SMARTS) is 1. The van der Waals surface area contributed by atoms with Gasteiger partial charge in [0.05, 0.1) is 41.2 Å². The Morgan fingerprint density at radius 3 is 2.33 bits per heavy atom. The van der Waals surface area contributed by atoms with Crippen LogP contribution < -0.4 is 20.1 Å². The lowest BCUT2D eigenvalue weighted by molar-refractivity contribution is -0.143. The molecule has 13 heteroatoms. The largest absolute Gasteiger partial charge is 0.496 e. The summed E-state index contributed by atoms with van der Waals surface area (Å²) >= 11 is 5.71. The lowest BCUT2D eigenvalue weighted by Gasteiger charge is -2.31. The third-order valence-electron chi connectivity index (χ3n) is 8.87. The van der Waals surface area contributed by atoms with Gasteiger partial charge in [-0.25, -0.2) is 4.39 Å². The molecule has 232 valence electrons. The fourth-order valence-corrected chi connectivity index (χ4v) is 6.95. The molecule has 3 saturated carbocycles. The Bertz CT molecular complexity index is 1410. The molecule has 8 nitrogen and oxygen atoms in total. The second-order valence-corrected chi connectivity index (χ2v) is 11.9. The van der Waals surface area contributed by atoms with Crippen LogP contribution in [0.2, 0.25) is 5.02 Å². The highest BCUT2D eigenvalue weighted by molar-refractivity contribution is 6.31. The summed E-state index contributed by atoms with van der Waals surface area (Å²) in [7, 11) is 1.29. The van der Waals surface area contributed by atoms with E-state index in [9.17, 15) is 37.1 Å². The zero-order valence-corrected chi connectivity index (χ0v) is 23.9. The second-order valence-electron chi connectivity index (χ2n) is 11.5. The third-order valence-corrected chi connectivity index (χ3v) is 9.20. The molecule has 2 aromatic rings. The minimum absolute atomic E-state index is 0.00688. The molecule has 0 heterocycles. The van der Waals surface area contributed by atoms with Gasteiger partial charge in [-0.05, 0) is 81.0 Å². The van der Waals surface area contributed by atoms with Crippen LogP contribution in [0.15, 0.2) is 30.3 Å². The van der Waals surface area contributed by atoms with Crippen LogP contribution >= 0.6 is 11.6 Å². The van der Waals surface area contributed by atoms with E-state index in [1.54, 1.807) is 0 Å². The maximum absolute atomic E-state index is 14.9. The van der Waals surface area contributed by atoms with Crippen molar-refractivity contribution in [1.29, 1.82) is 0 Å². The molecule has 3 N–H and O–H groups in total. The average molecular weight is 627 g/mol. The van der Waals surface area contributed by atoms with Crippen LogP contribution in [0.25, 0.3) is 0 Å². The van der Waals surface area contributed by atoms with E-state index in [1.807, 2.05) is 0 Å². The van der Waals surface area contributed by atoms with Gasteiger partial charge in [-0.15, -0.1) is 0 Å². The van der Waals surface area contributed by atoms with Gasteiger partial charge < -0.3 is 25.2 Å². The van der Waals surface area contributed by atoms with E-state index in [1.165, 1.54) is 19.2 Å². The maximum Gasteiger partial charge on any atom is 0.417 e. The Morgan fingerprint density at radius 1 is 0.977 bits per heavy atom. The summed E-state index contributed by atoms with van der Waals surface area (Å²) in [4.78, 5) is 38.2. The zero-order chi connectivity index (χ0) is 31.1. The summed E-state index contributed by atoms with van der Waals surface area (Å²) in [5.41, 5.74) is -1.14. The van der Waals surface area contributed by atoms with Crippen molar-refractivity contribution in [2.45, 2.75) is 63.3 Å². The van der Waals surface area contributed by atoms with E-state index >= 15 is 0 Å². The first kappa shape index (κ1) is 30.9. The van der Waals surface area contributed by atoms with Crippen molar-refractivity contribution >= 4 is 35.1 Å². The van der Waals surface area contributed by atoms with Gasteiger partial charge in [0.25, 0.3) is 5.91 Å². The number of aliphatic carboxylic acids is 1. The fourth-order valence-electron chi connectivity index (χ4n) is 6.73. The molecule has 3 aliphatic rings. The van der Waals surface area contributed by atoms with E-state index in [4.69, 9.17) is 21.1 Å². The van der Waals surface area contributed by atoms with Crippen molar-refractivity contribution in [3.63, 3.8) is 0 Å². The SMILES string of the molecule is COc1cc(F)c(O[C@H]2CC[C@@H](C(=O)O)CC2)cc1C(=O)N[C@@H]1[C@H]2CC[C@H](C2)[C@@H]1C(=O)Nc1ccc(Cl)c(C(F)(F)F)c1. The van der Waals surface area contributed by atoms with Crippen molar-refractivity contribution in [2.24, 2.45) is 23.7 Å². The van der Waals surface area contributed by atoms with E-state index in [-0.39, 0.29) is 34.6 Å². The highest BCUT2D eigenvalue weighted by atomic mass is 35.5. The Morgan fingerprint density at radius 2 is 1.67 bits per heavy atom.